The lowest BCUT2D eigenvalue weighted by atomic mass is 10.1. The van der Waals surface area contributed by atoms with Gasteiger partial charge in [0.2, 0.25) is 5.91 Å². The molecule has 4 rings (SSSR count). The summed E-state index contributed by atoms with van der Waals surface area (Å²) < 4.78 is 1.76. The van der Waals surface area contributed by atoms with Crippen molar-refractivity contribution in [1.82, 2.24) is 9.78 Å². The monoisotopic (exact) mass is 444 g/mol. The Labute approximate surface area is 190 Å². The summed E-state index contributed by atoms with van der Waals surface area (Å²) in [4.78, 5) is 24.4. The maximum absolute atomic E-state index is 13.2. The zero-order chi connectivity index (χ0) is 22.5. The Kier molecular flexibility index (Phi) is 6.33. The predicted molar refractivity (Wildman–Crippen MR) is 127 cm³/mol. The fourth-order valence-electron chi connectivity index (χ4n) is 3.33. The van der Waals surface area contributed by atoms with Gasteiger partial charge in [-0.15, -0.1) is 0 Å². The van der Waals surface area contributed by atoms with Gasteiger partial charge in [0.1, 0.15) is 5.69 Å². The lowest BCUT2D eigenvalue weighted by Gasteiger charge is -2.09. The van der Waals surface area contributed by atoms with Gasteiger partial charge in [0.05, 0.1) is 22.8 Å². The van der Waals surface area contributed by atoms with E-state index < -0.39 is 0 Å². The second-order valence-electron chi connectivity index (χ2n) is 7.27. The molecular formula is C25H21ClN4O2. The normalized spacial score (nSPS) is 10.6. The number of aromatic nitrogens is 2. The number of benzene rings is 3. The van der Waals surface area contributed by atoms with Gasteiger partial charge in [0.25, 0.3) is 5.91 Å². The van der Waals surface area contributed by atoms with Crippen molar-refractivity contribution in [1.29, 1.82) is 0 Å². The van der Waals surface area contributed by atoms with Crippen molar-refractivity contribution >= 4 is 34.8 Å². The van der Waals surface area contributed by atoms with Crippen LogP contribution in [0, 0.1) is 0 Å². The SMILES string of the molecule is CC(=O)Nc1ccc(NC(=O)c2cn(Cc3ccccc3)nc2-c2ccccc2)cc1Cl. The number of nitrogens with one attached hydrogen (secondary N) is 2. The van der Waals surface area contributed by atoms with Crippen molar-refractivity contribution in [3.63, 3.8) is 0 Å². The second kappa shape index (κ2) is 9.49. The van der Waals surface area contributed by atoms with Crippen LogP contribution in [0.4, 0.5) is 11.4 Å². The van der Waals surface area contributed by atoms with Crippen LogP contribution in [-0.2, 0) is 11.3 Å². The molecule has 0 bridgehead atoms. The van der Waals surface area contributed by atoms with Crippen LogP contribution in [0.25, 0.3) is 11.3 Å². The van der Waals surface area contributed by atoms with Gasteiger partial charge < -0.3 is 10.6 Å². The van der Waals surface area contributed by atoms with Gasteiger partial charge in [-0.05, 0) is 23.8 Å². The van der Waals surface area contributed by atoms with E-state index in [1.807, 2.05) is 60.7 Å². The van der Waals surface area contributed by atoms with Crippen LogP contribution in [0.3, 0.4) is 0 Å². The fourth-order valence-corrected chi connectivity index (χ4v) is 3.56. The Morgan fingerprint density at radius 2 is 1.62 bits per heavy atom. The van der Waals surface area contributed by atoms with Gasteiger partial charge >= 0.3 is 0 Å². The molecule has 0 saturated heterocycles. The molecule has 7 heteroatoms. The molecule has 0 aliphatic rings. The third-order valence-electron chi connectivity index (χ3n) is 4.78. The first-order valence-corrected chi connectivity index (χ1v) is 10.4. The third-order valence-corrected chi connectivity index (χ3v) is 5.09. The minimum absolute atomic E-state index is 0.220. The zero-order valence-electron chi connectivity index (χ0n) is 17.4. The molecule has 0 unspecified atom stereocenters. The topological polar surface area (TPSA) is 76.0 Å². The molecule has 0 fully saturated rings. The number of anilines is 2. The summed E-state index contributed by atoms with van der Waals surface area (Å²) >= 11 is 6.24. The van der Waals surface area contributed by atoms with Crippen LogP contribution in [0.15, 0.2) is 85.1 Å². The van der Waals surface area contributed by atoms with E-state index in [2.05, 4.69) is 15.7 Å². The van der Waals surface area contributed by atoms with E-state index in [1.54, 1.807) is 29.1 Å². The van der Waals surface area contributed by atoms with E-state index in [0.717, 1.165) is 11.1 Å². The van der Waals surface area contributed by atoms with Crippen molar-refractivity contribution in [2.75, 3.05) is 10.6 Å². The Morgan fingerprint density at radius 3 is 2.28 bits per heavy atom. The summed E-state index contributed by atoms with van der Waals surface area (Å²) in [5, 5.41) is 10.5. The smallest absolute Gasteiger partial charge is 0.259 e. The highest BCUT2D eigenvalue weighted by Crippen LogP contribution is 2.27. The van der Waals surface area contributed by atoms with E-state index in [4.69, 9.17) is 11.6 Å². The number of amides is 2. The molecule has 2 N–H and O–H groups in total. The number of carbonyl (C=O) groups is 2. The van der Waals surface area contributed by atoms with Crippen molar-refractivity contribution in [2.24, 2.45) is 0 Å². The number of carbonyl (C=O) groups excluding carboxylic acids is 2. The van der Waals surface area contributed by atoms with Gasteiger partial charge in [0, 0.05) is 24.4 Å². The summed E-state index contributed by atoms with van der Waals surface area (Å²) in [6.07, 6.45) is 1.75. The van der Waals surface area contributed by atoms with Gasteiger partial charge in [-0.3, -0.25) is 14.3 Å². The molecule has 0 aliphatic carbocycles. The predicted octanol–water partition coefficient (Wildman–Crippen LogP) is 5.46. The number of hydrogen-bond donors (Lipinski definition) is 2. The standard InChI is InChI=1S/C25H21ClN4O2/c1-17(31)27-23-13-12-20(14-22(23)26)28-25(32)21-16-30(15-18-8-4-2-5-9-18)29-24(21)19-10-6-3-7-11-19/h2-14,16H,15H2,1H3,(H,27,31)(H,28,32). The number of halogens is 1. The van der Waals surface area contributed by atoms with E-state index in [0.29, 0.717) is 34.2 Å². The summed E-state index contributed by atoms with van der Waals surface area (Å²) in [6, 6.07) is 24.5. The molecule has 32 heavy (non-hydrogen) atoms. The zero-order valence-corrected chi connectivity index (χ0v) is 18.1. The molecular weight excluding hydrogens is 424 g/mol. The summed E-state index contributed by atoms with van der Waals surface area (Å²) in [7, 11) is 0. The van der Waals surface area contributed by atoms with Gasteiger partial charge in [-0.25, -0.2) is 0 Å². The highest BCUT2D eigenvalue weighted by molar-refractivity contribution is 6.34. The maximum Gasteiger partial charge on any atom is 0.259 e. The van der Waals surface area contributed by atoms with Crippen LogP contribution < -0.4 is 10.6 Å². The van der Waals surface area contributed by atoms with Crippen LogP contribution >= 0.6 is 11.6 Å². The van der Waals surface area contributed by atoms with Crippen LogP contribution in [-0.4, -0.2) is 21.6 Å². The van der Waals surface area contributed by atoms with Crippen LogP contribution in [0.2, 0.25) is 5.02 Å². The largest absolute Gasteiger partial charge is 0.325 e. The minimum atomic E-state index is -0.300. The molecule has 1 aromatic heterocycles. The van der Waals surface area contributed by atoms with E-state index in [1.165, 1.54) is 6.92 Å². The molecule has 6 nitrogen and oxygen atoms in total. The second-order valence-corrected chi connectivity index (χ2v) is 7.68. The molecule has 4 aromatic rings. The average molecular weight is 445 g/mol. The summed E-state index contributed by atoms with van der Waals surface area (Å²) in [5.41, 5.74) is 3.99. The van der Waals surface area contributed by atoms with Crippen molar-refractivity contribution in [3.8, 4) is 11.3 Å². The van der Waals surface area contributed by atoms with Gasteiger partial charge in [0.15, 0.2) is 0 Å². The lowest BCUT2D eigenvalue weighted by Crippen LogP contribution is -2.13. The molecule has 3 aromatic carbocycles. The number of hydrogen-bond acceptors (Lipinski definition) is 3. The minimum Gasteiger partial charge on any atom is -0.325 e. The molecule has 0 saturated carbocycles. The molecule has 0 radical (unpaired) electrons. The van der Waals surface area contributed by atoms with Crippen molar-refractivity contribution in [2.45, 2.75) is 13.5 Å². The summed E-state index contributed by atoms with van der Waals surface area (Å²) in [6.45, 7) is 1.95. The molecule has 2 amide bonds. The Bertz CT molecular complexity index is 1250. The lowest BCUT2D eigenvalue weighted by molar-refractivity contribution is -0.114. The quantitative estimate of drug-likeness (QED) is 0.414. The molecule has 0 spiro atoms. The summed E-state index contributed by atoms with van der Waals surface area (Å²) in [5.74, 6) is -0.520. The molecule has 0 aliphatic heterocycles. The number of nitrogens with zero attached hydrogens (tertiary/aromatic N) is 2. The first-order chi connectivity index (χ1) is 15.5. The fraction of sp³-hybridized carbons (Fsp3) is 0.0800. The Morgan fingerprint density at radius 1 is 0.938 bits per heavy atom. The van der Waals surface area contributed by atoms with E-state index in [9.17, 15) is 9.59 Å². The van der Waals surface area contributed by atoms with E-state index >= 15 is 0 Å². The van der Waals surface area contributed by atoms with Crippen molar-refractivity contribution in [3.05, 3.63) is 101 Å². The highest BCUT2D eigenvalue weighted by Gasteiger charge is 2.19. The highest BCUT2D eigenvalue weighted by atomic mass is 35.5. The maximum atomic E-state index is 13.2. The van der Waals surface area contributed by atoms with Crippen LogP contribution in [0.5, 0.6) is 0 Å². The average Bonchev–Trinajstić information content (AvgIpc) is 3.21. The number of rotatable bonds is 6. The van der Waals surface area contributed by atoms with Gasteiger partial charge in [-0.2, -0.15) is 5.10 Å². The molecule has 1 heterocycles. The Hall–Kier alpha value is -3.90. The van der Waals surface area contributed by atoms with E-state index in [-0.39, 0.29) is 11.8 Å². The van der Waals surface area contributed by atoms with Gasteiger partial charge in [-0.1, -0.05) is 72.3 Å². The Balaban J connectivity index is 1.63. The molecule has 160 valence electrons. The first kappa shape index (κ1) is 21.3. The molecule has 0 atom stereocenters. The van der Waals surface area contributed by atoms with Crippen LogP contribution in [0.1, 0.15) is 22.8 Å². The van der Waals surface area contributed by atoms with Crippen molar-refractivity contribution < 1.29 is 9.59 Å². The first-order valence-electron chi connectivity index (χ1n) is 10.0. The third kappa shape index (κ3) is 5.04.